The van der Waals surface area contributed by atoms with Crippen LogP contribution < -0.4 is 5.32 Å². The van der Waals surface area contributed by atoms with Crippen molar-refractivity contribution < 1.29 is 32.3 Å². The van der Waals surface area contributed by atoms with Crippen molar-refractivity contribution in [1.29, 1.82) is 0 Å². The second-order valence-corrected chi connectivity index (χ2v) is 10.6. The number of sulfone groups is 1. The molecule has 3 rings (SSSR count). The summed E-state index contributed by atoms with van der Waals surface area (Å²) in [5, 5.41) is 3.10. The monoisotopic (exact) mass is 479 g/mol. The highest BCUT2D eigenvalue weighted by atomic mass is 32.2. The number of carbonyl (C=O) groups is 3. The molecule has 0 saturated carbocycles. The summed E-state index contributed by atoms with van der Waals surface area (Å²) in [5.41, 5.74) is 1.31. The van der Waals surface area contributed by atoms with Gasteiger partial charge < -0.3 is 14.8 Å². The Hall–Kier alpha value is -2.72. The fourth-order valence-corrected chi connectivity index (χ4v) is 5.37. The Bertz CT molecular complexity index is 1150. The molecule has 0 spiro atoms. The number of ether oxygens (including phenoxy) is 2. The van der Waals surface area contributed by atoms with Crippen LogP contribution >= 0.6 is 11.3 Å². The lowest BCUT2D eigenvalue weighted by molar-refractivity contribution is -0.123. The van der Waals surface area contributed by atoms with Crippen LogP contribution in [0.25, 0.3) is 0 Å². The van der Waals surface area contributed by atoms with E-state index in [2.05, 4.69) is 5.32 Å². The summed E-state index contributed by atoms with van der Waals surface area (Å²) >= 11 is 1.34. The normalized spacial score (nSPS) is 14.2. The predicted molar refractivity (Wildman–Crippen MR) is 120 cm³/mol. The Morgan fingerprint density at radius 3 is 2.56 bits per heavy atom. The molecule has 0 unspecified atom stereocenters. The first kappa shape index (κ1) is 23.9. The molecular formula is C22H25NO7S2. The van der Waals surface area contributed by atoms with Crippen LogP contribution in [0, 0.1) is 0 Å². The van der Waals surface area contributed by atoms with Crippen LogP contribution in [0.5, 0.6) is 0 Å². The van der Waals surface area contributed by atoms with Crippen molar-refractivity contribution in [2.45, 2.75) is 50.5 Å². The van der Waals surface area contributed by atoms with E-state index in [4.69, 9.17) is 9.47 Å². The topological polar surface area (TPSA) is 116 Å². The zero-order valence-corrected chi connectivity index (χ0v) is 19.7. The number of hydrogen-bond acceptors (Lipinski definition) is 8. The first-order valence-electron chi connectivity index (χ1n) is 10.3. The van der Waals surface area contributed by atoms with Gasteiger partial charge in [-0.1, -0.05) is 6.07 Å². The van der Waals surface area contributed by atoms with E-state index in [0.29, 0.717) is 10.6 Å². The van der Waals surface area contributed by atoms with Crippen molar-refractivity contribution in [1.82, 2.24) is 0 Å². The third kappa shape index (κ3) is 5.36. The number of nitrogens with one attached hydrogen (secondary N) is 1. The predicted octanol–water partition coefficient (Wildman–Crippen LogP) is 3.39. The van der Waals surface area contributed by atoms with Crippen molar-refractivity contribution in [3.8, 4) is 0 Å². The van der Waals surface area contributed by atoms with Gasteiger partial charge >= 0.3 is 11.9 Å². The molecule has 0 aliphatic heterocycles. The zero-order chi connectivity index (χ0) is 23.5. The minimum atomic E-state index is -3.49. The van der Waals surface area contributed by atoms with Crippen molar-refractivity contribution in [3.05, 3.63) is 45.8 Å². The van der Waals surface area contributed by atoms with Gasteiger partial charge in [-0.15, -0.1) is 11.3 Å². The molecule has 1 N–H and O–H groups in total. The Balaban J connectivity index is 1.76. The molecule has 1 aliphatic rings. The third-order valence-corrected chi connectivity index (χ3v) is 7.36. The van der Waals surface area contributed by atoms with Crippen molar-refractivity contribution in [3.63, 3.8) is 0 Å². The summed E-state index contributed by atoms with van der Waals surface area (Å²) in [7, 11) is -3.49. The minimum Gasteiger partial charge on any atom is -0.462 e. The number of esters is 2. The number of amides is 1. The van der Waals surface area contributed by atoms with E-state index < -0.39 is 33.8 Å². The first-order chi connectivity index (χ1) is 15.1. The van der Waals surface area contributed by atoms with E-state index in [9.17, 15) is 22.8 Å². The van der Waals surface area contributed by atoms with Crippen LogP contribution in [0.1, 0.15) is 57.8 Å². The maximum absolute atomic E-state index is 12.7. The molecule has 172 valence electrons. The zero-order valence-electron chi connectivity index (χ0n) is 18.1. The standard InChI is InChI=1S/C22H25NO7S2/c1-4-29-22(26)18-16-10-5-6-11-17(16)31-20(18)23-19(24)13(2)30-21(25)14-8-7-9-15(12-14)32(3,27)28/h7-9,12-13H,4-6,10-11H2,1-3H3,(H,23,24)/t13-/m0/s1. The summed E-state index contributed by atoms with van der Waals surface area (Å²) < 4.78 is 33.8. The Morgan fingerprint density at radius 2 is 1.88 bits per heavy atom. The average Bonchev–Trinajstić information content (AvgIpc) is 3.11. The molecule has 1 aromatic carbocycles. The Labute approximate surface area is 190 Å². The maximum Gasteiger partial charge on any atom is 0.341 e. The van der Waals surface area contributed by atoms with Gasteiger partial charge in [0.15, 0.2) is 15.9 Å². The highest BCUT2D eigenvalue weighted by Crippen LogP contribution is 2.38. The molecular weight excluding hydrogens is 454 g/mol. The number of anilines is 1. The molecule has 8 nitrogen and oxygen atoms in total. The molecule has 1 amide bonds. The Kier molecular flexibility index (Phi) is 7.35. The number of carbonyl (C=O) groups excluding carboxylic acids is 3. The molecule has 2 aromatic rings. The van der Waals surface area contributed by atoms with Gasteiger partial charge in [0, 0.05) is 11.1 Å². The van der Waals surface area contributed by atoms with Gasteiger partial charge in [-0.2, -0.15) is 0 Å². The lowest BCUT2D eigenvalue weighted by Crippen LogP contribution is -2.30. The number of rotatable bonds is 7. The van der Waals surface area contributed by atoms with Gasteiger partial charge in [0.25, 0.3) is 5.91 Å². The SMILES string of the molecule is CCOC(=O)c1c(NC(=O)[C@H](C)OC(=O)c2cccc(S(C)(=O)=O)c2)sc2c1CCCC2. The second kappa shape index (κ2) is 9.83. The number of aryl methyl sites for hydroxylation is 1. The highest BCUT2D eigenvalue weighted by molar-refractivity contribution is 7.90. The van der Waals surface area contributed by atoms with Gasteiger partial charge in [-0.3, -0.25) is 4.79 Å². The van der Waals surface area contributed by atoms with E-state index in [-0.39, 0.29) is 17.1 Å². The van der Waals surface area contributed by atoms with Gasteiger partial charge in [0.1, 0.15) is 5.00 Å². The van der Waals surface area contributed by atoms with E-state index in [1.165, 1.54) is 42.5 Å². The van der Waals surface area contributed by atoms with E-state index in [1.807, 2.05) is 0 Å². The maximum atomic E-state index is 12.7. The van der Waals surface area contributed by atoms with Crippen molar-refractivity contribution >= 4 is 44.0 Å². The quantitative estimate of drug-likeness (QED) is 0.605. The second-order valence-electron chi connectivity index (χ2n) is 7.47. The molecule has 10 heteroatoms. The third-order valence-electron chi connectivity index (χ3n) is 5.04. The largest absolute Gasteiger partial charge is 0.462 e. The number of thiophene rings is 1. The molecule has 0 fully saturated rings. The average molecular weight is 480 g/mol. The summed E-state index contributed by atoms with van der Waals surface area (Å²) in [6.07, 6.45) is 3.43. The summed E-state index contributed by atoms with van der Waals surface area (Å²) in [4.78, 5) is 38.7. The molecule has 1 aliphatic carbocycles. The lowest BCUT2D eigenvalue weighted by atomic mass is 9.95. The molecule has 0 radical (unpaired) electrons. The molecule has 0 bridgehead atoms. The van der Waals surface area contributed by atoms with Crippen molar-refractivity contribution in [2.24, 2.45) is 0 Å². The minimum absolute atomic E-state index is 0.0198. The van der Waals surface area contributed by atoms with Crippen LogP contribution in [0.3, 0.4) is 0 Å². The Morgan fingerprint density at radius 1 is 1.16 bits per heavy atom. The molecule has 1 atom stereocenters. The number of fused-ring (bicyclic) bond motifs is 1. The van der Waals surface area contributed by atoms with Crippen LogP contribution in [0.2, 0.25) is 0 Å². The number of hydrogen-bond donors (Lipinski definition) is 1. The van der Waals surface area contributed by atoms with E-state index >= 15 is 0 Å². The van der Waals surface area contributed by atoms with Crippen LogP contribution in [-0.4, -0.2) is 45.2 Å². The molecule has 1 heterocycles. The number of benzene rings is 1. The highest BCUT2D eigenvalue weighted by Gasteiger charge is 2.29. The summed E-state index contributed by atoms with van der Waals surface area (Å²) in [5.74, 6) is -1.90. The van der Waals surface area contributed by atoms with Gasteiger partial charge in [0.2, 0.25) is 0 Å². The smallest absolute Gasteiger partial charge is 0.341 e. The van der Waals surface area contributed by atoms with Gasteiger partial charge in [0.05, 0.1) is 22.6 Å². The van der Waals surface area contributed by atoms with Crippen molar-refractivity contribution in [2.75, 3.05) is 18.2 Å². The van der Waals surface area contributed by atoms with E-state index in [1.54, 1.807) is 6.92 Å². The van der Waals surface area contributed by atoms with Gasteiger partial charge in [-0.05, 0) is 63.3 Å². The first-order valence-corrected chi connectivity index (χ1v) is 13.0. The molecule has 1 aromatic heterocycles. The summed E-state index contributed by atoms with van der Waals surface area (Å²) in [6, 6.07) is 5.42. The van der Waals surface area contributed by atoms with Gasteiger partial charge in [-0.25, -0.2) is 18.0 Å². The van der Waals surface area contributed by atoms with E-state index in [0.717, 1.165) is 42.4 Å². The molecule has 0 saturated heterocycles. The molecule has 32 heavy (non-hydrogen) atoms. The van der Waals surface area contributed by atoms with Crippen LogP contribution in [-0.2, 0) is 36.9 Å². The lowest BCUT2D eigenvalue weighted by Gasteiger charge is -2.14. The summed E-state index contributed by atoms with van der Waals surface area (Å²) in [6.45, 7) is 3.35. The van der Waals surface area contributed by atoms with Crippen LogP contribution in [0.15, 0.2) is 29.2 Å². The van der Waals surface area contributed by atoms with Crippen LogP contribution in [0.4, 0.5) is 5.00 Å². The fourth-order valence-electron chi connectivity index (χ4n) is 3.42. The fraction of sp³-hybridized carbons (Fsp3) is 0.409.